The predicted octanol–water partition coefficient (Wildman–Crippen LogP) is 4.87. The van der Waals surface area contributed by atoms with Crippen LogP contribution in [0, 0.1) is 0 Å². The zero-order valence-corrected chi connectivity index (χ0v) is 17.2. The van der Waals surface area contributed by atoms with Crippen molar-refractivity contribution in [1.29, 1.82) is 0 Å². The molecule has 0 saturated heterocycles. The molecular formula is C17H13BrCl2N2O3S. The lowest BCUT2D eigenvalue weighted by atomic mass is 10.2. The minimum atomic E-state index is -0.216. The van der Waals surface area contributed by atoms with Crippen LogP contribution in [0.5, 0.6) is 11.5 Å². The van der Waals surface area contributed by atoms with Gasteiger partial charge in [-0.2, -0.15) is 5.10 Å². The first-order chi connectivity index (χ1) is 12.5. The summed E-state index contributed by atoms with van der Waals surface area (Å²) in [6.45, 7) is 0.200. The Labute approximate surface area is 173 Å². The van der Waals surface area contributed by atoms with E-state index in [2.05, 4.69) is 26.5 Å². The van der Waals surface area contributed by atoms with Gasteiger partial charge in [-0.15, -0.1) is 11.8 Å². The first kappa shape index (κ1) is 19.4. The van der Waals surface area contributed by atoms with E-state index in [4.69, 9.17) is 32.7 Å². The third-order valence-corrected chi connectivity index (χ3v) is 5.78. The molecule has 1 aliphatic heterocycles. The molecule has 1 heterocycles. The van der Waals surface area contributed by atoms with Crippen molar-refractivity contribution >= 4 is 63.0 Å². The molecule has 0 atom stereocenters. The van der Waals surface area contributed by atoms with Gasteiger partial charge in [-0.1, -0.05) is 29.3 Å². The summed E-state index contributed by atoms with van der Waals surface area (Å²) in [5.74, 6) is 1.89. The van der Waals surface area contributed by atoms with E-state index in [0.29, 0.717) is 27.3 Å². The van der Waals surface area contributed by atoms with Gasteiger partial charge in [0.2, 0.25) is 12.7 Å². The second-order valence-corrected chi connectivity index (χ2v) is 7.87. The highest BCUT2D eigenvalue weighted by Gasteiger charge is 2.15. The third kappa shape index (κ3) is 4.85. The van der Waals surface area contributed by atoms with Crippen LogP contribution in [0.15, 0.2) is 39.9 Å². The molecule has 0 spiro atoms. The molecule has 0 bridgehead atoms. The molecule has 26 heavy (non-hydrogen) atoms. The van der Waals surface area contributed by atoms with Crippen molar-refractivity contribution in [1.82, 2.24) is 5.43 Å². The number of hydrogen-bond donors (Lipinski definition) is 1. The van der Waals surface area contributed by atoms with E-state index in [1.807, 2.05) is 0 Å². The Kier molecular flexibility index (Phi) is 6.69. The van der Waals surface area contributed by atoms with Crippen molar-refractivity contribution in [2.24, 2.45) is 5.10 Å². The first-order valence-corrected chi connectivity index (χ1v) is 10.2. The highest BCUT2D eigenvalue weighted by atomic mass is 79.9. The van der Waals surface area contributed by atoms with Crippen LogP contribution < -0.4 is 14.9 Å². The Bertz CT molecular complexity index is 844. The predicted molar refractivity (Wildman–Crippen MR) is 109 cm³/mol. The van der Waals surface area contributed by atoms with Gasteiger partial charge in [-0.25, -0.2) is 5.43 Å². The quantitative estimate of drug-likeness (QED) is 0.478. The van der Waals surface area contributed by atoms with Gasteiger partial charge in [-0.05, 0) is 45.8 Å². The molecule has 5 nitrogen and oxygen atoms in total. The number of carbonyl (C=O) groups excluding carboxylic acids is 1. The number of rotatable bonds is 6. The molecule has 136 valence electrons. The molecule has 1 N–H and O–H groups in total. The molecule has 1 aliphatic rings. The Balaban J connectivity index is 1.49. The zero-order valence-electron chi connectivity index (χ0n) is 13.3. The maximum atomic E-state index is 11.9. The van der Waals surface area contributed by atoms with Gasteiger partial charge in [0.1, 0.15) is 0 Å². The number of nitrogens with zero attached hydrogens (tertiary/aromatic N) is 1. The lowest BCUT2D eigenvalue weighted by molar-refractivity contribution is -0.118. The van der Waals surface area contributed by atoms with Crippen LogP contribution in [-0.2, 0) is 10.5 Å². The molecule has 3 rings (SSSR count). The largest absolute Gasteiger partial charge is 0.454 e. The van der Waals surface area contributed by atoms with E-state index < -0.39 is 0 Å². The maximum absolute atomic E-state index is 11.9. The molecule has 0 unspecified atom stereocenters. The summed E-state index contributed by atoms with van der Waals surface area (Å²) in [5, 5.41) is 5.16. The third-order valence-electron chi connectivity index (χ3n) is 3.43. The average Bonchev–Trinajstić information content (AvgIpc) is 3.04. The van der Waals surface area contributed by atoms with Gasteiger partial charge >= 0.3 is 0 Å². The number of benzene rings is 2. The Morgan fingerprint density at radius 2 is 1.96 bits per heavy atom. The number of ether oxygens (including phenoxy) is 2. The molecule has 1 amide bonds. The molecule has 2 aromatic rings. The van der Waals surface area contributed by atoms with Gasteiger partial charge in [0.15, 0.2) is 11.5 Å². The van der Waals surface area contributed by atoms with Crippen LogP contribution in [0.25, 0.3) is 0 Å². The second-order valence-electron chi connectivity index (χ2n) is 5.21. The van der Waals surface area contributed by atoms with Crippen LogP contribution >= 0.6 is 50.9 Å². The summed E-state index contributed by atoms with van der Waals surface area (Å²) in [7, 11) is 0. The molecule has 0 fully saturated rings. The number of hydrogen-bond acceptors (Lipinski definition) is 5. The van der Waals surface area contributed by atoms with Crippen LogP contribution in [0.4, 0.5) is 0 Å². The van der Waals surface area contributed by atoms with Crippen LogP contribution in [0.2, 0.25) is 10.0 Å². The first-order valence-electron chi connectivity index (χ1n) is 7.46. The summed E-state index contributed by atoms with van der Waals surface area (Å²) < 4.78 is 11.4. The van der Waals surface area contributed by atoms with Crippen LogP contribution in [0.1, 0.15) is 11.1 Å². The summed E-state index contributed by atoms with van der Waals surface area (Å²) in [6, 6.07) is 8.92. The fourth-order valence-electron chi connectivity index (χ4n) is 2.15. The van der Waals surface area contributed by atoms with Gasteiger partial charge in [0.25, 0.3) is 0 Å². The van der Waals surface area contributed by atoms with E-state index in [1.54, 1.807) is 36.5 Å². The van der Waals surface area contributed by atoms with E-state index in [9.17, 15) is 4.79 Å². The highest BCUT2D eigenvalue weighted by molar-refractivity contribution is 9.10. The van der Waals surface area contributed by atoms with Gasteiger partial charge < -0.3 is 9.47 Å². The highest BCUT2D eigenvalue weighted by Crippen LogP contribution is 2.36. The van der Waals surface area contributed by atoms with Crippen molar-refractivity contribution in [2.45, 2.75) is 5.75 Å². The van der Waals surface area contributed by atoms with Gasteiger partial charge in [0.05, 0.1) is 12.0 Å². The lowest BCUT2D eigenvalue weighted by Gasteiger charge is -2.06. The van der Waals surface area contributed by atoms with E-state index in [0.717, 1.165) is 15.6 Å². The minimum Gasteiger partial charge on any atom is -0.454 e. The van der Waals surface area contributed by atoms with Gasteiger partial charge in [0, 0.05) is 25.8 Å². The summed E-state index contributed by atoms with van der Waals surface area (Å²) in [5.41, 5.74) is 4.08. The van der Waals surface area contributed by atoms with Crippen molar-refractivity contribution in [3.63, 3.8) is 0 Å². The van der Waals surface area contributed by atoms with E-state index in [-0.39, 0.29) is 18.5 Å². The molecule has 2 aromatic carbocycles. The Morgan fingerprint density at radius 1 is 1.27 bits per heavy atom. The average molecular weight is 476 g/mol. The maximum Gasteiger partial charge on any atom is 0.250 e. The van der Waals surface area contributed by atoms with E-state index >= 15 is 0 Å². The number of carbonyl (C=O) groups is 1. The summed E-state index contributed by atoms with van der Waals surface area (Å²) >= 11 is 17.0. The molecular weight excluding hydrogens is 463 g/mol. The minimum absolute atomic E-state index is 0.200. The molecule has 9 heteroatoms. The van der Waals surface area contributed by atoms with Crippen molar-refractivity contribution in [3.05, 3.63) is 56.0 Å². The molecule has 0 aliphatic carbocycles. The number of halogens is 3. The zero-order chi connectivity index (χ0) is 18.5. The number of nitrogens with one attached hydrogen (secondary N) is 1. The van der Waals surface area contributed by atoms with Crippen LogP contribution in [0.3, 0.4) is 0 Å². The fraction of sp³-hybridized carbons (Fsp3) is 0.176. The molecule has 0 saturated carbocycles. The van der Waals surface area contributed by atoms with E-state index in [1.165, 1.54) is 11.8 Å². The van der Waals surface area contributed by atoms with Crippen molar-refractivity contribution in [2.75, 3.05) is 12.5 Å². The van der Waals surface area contributed by atoms with Gasteiger partial charge in [-0.3, -0.25) is 4.79 Å². The summed E-state index contributed by atoms with van der Waals surface area (Å²) in [6.07, 6.45) is 1.54. The second kappa shape index (κ2) is 8.99. The van der Waals surface area contributed by atoms with Crippen LogP contribution in [-0.4, -0.2) is 24.7 Å². The summed E-state index contributed by atoms with van der Waals surface area (Å²) in [4.78, 5) is 11.9. The van der Waals surface area contributed by atoms with Crippen molar-refractivity contribution in [3.8, 4) is 11.5 Å². The Hall–Kier alpha value is -1.41. The topological polar surface area (TPSA) is 59.9 Å². The smallest absolute Gasteiger partial charge is 0.250 e. The number of hydrazone groups is 1. The fourth-order valence-corrected chi connectivity index (χ4v) is 4.14. The van der Waals surface area contributed by atoms with Crippen molar-refractivity contribution < 1.29 is 14.3 Å². The monoisotopic (exact) mass is 474 g/mol. The SMILES string of the molecule is O=C(CSCc1c(Cl)cccc1Cl)N/N=C\c1cc2c(cc1Br)OCO2. The number of fused-ring (bicyclic) bond motifs is 1. The Morgan fingerprint density at radius 3 is 2.69 bits per heavy atom. The lowest BCUT2D eigenvalue weighted by Crippen LogP contribution is -2.19. The molecule has 0 radical (unpaired) electrons. The number of thioether (sulfide) groups is 1. The standard InChI is InChI=1S/C17H13BrCl2N2O3S/c18-12-5-16-15(24-9-25-16)4-10(12)6-21-22-17(23)8-26-7-11-13(19)2-1-3-14(11)20/h1-6H,7-9H2,(H,22,23)/b21-6-. The molecule has 0 aromatic heterocycles. The normalized spacial score (nSPS) is 12.6. The number of amides is 1.